The maximum Gasteiger partial charge on any atom is 0.167 e. The summed E-state index contributed by atoms with van der Waals surface area (Å²) in [5.41, 5.74) is 5.39. The van der Waals surface area contributed by atoms with Crippen LogP contribution in [0.5, 0.6) is 0 Å². The van der Waals surface area contributed by atoms with Crippen LogP contribution in [0, 0.1) is 0 Å². The van der Waals surface area contributed by atoms with Crippen molar-refractivity contribution in [2.24, 2.45) is 0 Å². The van der Waals surface area contributed by atoms with E-state index < -0.39 is 18.1 Å². The normalized spacial score (nSPS) is 27.5. The molecule has 2 N–H and O–H groups in total. The fourth-order valence-electron chi connectivity index (χ4n) is 5.10. The summed E-state index contributed by atoms with van der Waals surface area (Å²) in [5, 5.41) is 13.2. The second-order valence-electron chi connectivity index (χ2n) is 9.13. The molecule has 172 valence electrons. The Bertz CT molecular complexity index is 1220. The van der Waals surface area contributed by atoms with Gasteiger partial charge in [0.05, 0.1) is 12.9 Å². The number of ether oxygens (including phenoxy) is 3. The number of benzene rings is 1. The highest BCUT2D eigenvalue weighted by molar-refractivity contribution is 5.83. The fraction of sp³-hybridized carbons (Fsp3) is 0.458. The summed E-state index contributed by atoms with van der Waals surface area (Å²) in [4.78, 5) is 13.5. The summed E-state index contributed by atoms with van der Waals surface area (Å²) in [6.07, 6.45) is 5.72. The van der Waals surface area contributed by atoms with Crippen LogP contribution in [0.4, 0.5) is 5.82 Å². The number of allylic oxidation sites excluding steroid dienone is 1. The summed E-state index contributed by atoms with van der Waals surface area (Å²) in [7, 11) is 0. The summed E-state index contributed by atoms with van der Waals surface area (Å²) >= 11 is 0. The zero-order valence-corrected chi connectivity index (χ0v) is 18.6. The molecule has 2 aromatic heterocycles. The molecular weight excluding hydrogens is 422 g/mol. The third-order valence-corrected chi connectivity index (χ3v) is 6.56. The number of imidazole rings is 1. The van der Waals surface area contributed by atoms with E-state index in [-0.39, 0.29) is 18.8 Å². The first-order valence-electron chi connectivity index (χ1n) is 11.3. The molecule has 6 rings (SSSR count). The van der Waals surface area contributed by atoms with Crippen LogP contribution in [0.15, 0.2) is 43.0 Å². The second kappa shape index (κ2) is 7.88. The van der Waals surface area contributed by atoms with Crippen LogP contribution in [0.3, 0.4) is 0 Å². The lowest BCUT2D eigenvalue weighted by molar-refractivity contribution is -0.199. The number of nitrogens with one attached hydrogen (secondary N) is 1. The predicted octanol–water partition coefficient (Wildman–Crippen LogP) is 2.68. The quantitative estimate of drug-likeness (QED) is 0.592. The number of aliphatic hydroxyl groups excluding tert-OH is 1. The van der Waals surface area contributed by atoms with E-state index in [2.05, 4.69) is 50.6 Å². The van der Waals surface area contributed by atoms with Crippen LogP contribution >= 0.6 is 0 Å². The molecule has 0 saturated carbocycles. The molecule has 1 aliphatic carbocycles. The first-order valence-corrected chi connectivity index (χ1v) is 11.3. The Labute approximate surface area is 191 Å². The smallest absolute Gasteiger partial charge is 0.167 e. The van der Waals surface area contributed by atoms with Crippen molar-refractivity contribution < 1.29 is 19.3 Å². The van der Waals surface area contributed by atoms with E-state index in [1.165, 1.54) is 23.0 Å². The number of hydrogen-bond acceptors (Lipinski definition) is 8. The molecule has 2 fully saturated rings. The van der Waals surface area contributed by atoms with Crippen LogP contribution in [0.25, 0.3) is 16.7 Å². The molecule has 3 aliphatic rings. The van der Waals surface area contributed by atoms with Gasteiger partial charge < -0.3 is 24.6 Å². The summed E-state index contributed by atoms with van der Waals surface area (Å²) < 4.78 is 20.0. The molecule has 9 nitrogen and oxygen atoms in total. The molecule has 0 radical (unpaired) electrons. The minimum absolute atomic E-state index is 0.148. The fourth-order valence-corrected chi connectivity index (χ4v) is 5.10. The van der Waals surface area contributed by atoms with E-state index >= 15 is 0 Å². The SMILES string of the molecule is CC1(C)OC2[C@@H](CO)O[C@@H](n3cnc4c(NCCC5=CCc6ccccc65)ncnc43)[C@H]2O1. The number of anilines is 1. The van der Waals surface area contributed by atoms with Gasteiger partial charge in [-0.15, -0.1) is 0 Å². The van der Waals surface area contributed by atoms with Gasteiger partial charge in [-0.3, -0.25) is 4.57 Å². The molecule has 33 heavy (non-hydrogen) atoms. The molecule has 3 aromatic rings. The van der Waals surface area contributed by atoms with Crippen LogP contribution in [0.1, 0.15) is 37.6 Å². The standard InChI is InChI=1S/C24H27N5O4/c1-24(2)32-19-17(11-30)31-23(20(19)33-24)29-13-28-18-21(26-12-27-22(18)29)25-10-9-15-8-7-14-5-3-4-6-16(14)15/h3-6,8,12-13,17,19-20,23,30H,7,9-11H2,1-2H3,(H,25,26,27)/t17-,19?,20+,23-/m1/s1. The van der Waals surface area contributed by atoms with Crippen molar-refractivity contribution in [3.63, 3.8) is 0 Å². The van der Waals surface area contributed by atoms with E-state index in [1.807, 2.05) is 18.4 Å². The minimum atomic E-state index is -0.740. The van der Waals surface area contributed by atoms with Crippen molar-refractivity contribution >= 4 is 22.6 Å². The lowest BCUT2D eigenvalue weighted by Gasteiger charge is -2.24. The van der Waals surface area contributed by atoms with Crippen molar-refractivity contribution in [3.8, 4) is 0 Å². The molecule has 0 spiro atoms. The topological polar surface area (TPSA) is 104 Å². The second-order valence-corrected chi connectivity index (χ2v) is 9.13. The Morgan fingerprint density at radius 1 is 1.15 bits per heavy atom. The van der Waals surface area contributed by atoms with Gasteiger partial charge in [-0.05, 0) is 43.4 Å². The Morgan fingerprint density at radius 3 is 2.88 bits per heavy atom. The van der Waals surface area contributed by atoms with Crippen molar-refractivity contribution in [3.05, 3.63) is 54.1 Å². The van der Waals surface area contributed by atoms with Gasteiger partial charge in [0.2, 0.25) is 0 Å². The van der Waals surface area contributed by atoms with Crippen LogP contribution in [-0.4, -0.2) is 61.9 Å². The maximum absolute atomic E-state index is 9.78. The largest absolute Gasteiger partial charge is 0.394 e. The van der Waals surface area contributed by atoms with Gasteiger partial charge >= 0.3 is 0 Å². The zero-order chi connectivity index (χ0) is 22.6. The molecule has 0 bridgehead atoms. The summed E-state index contributed by atoms with van der Waals surface area (Å²) in [6, 6.07) is 8.54. The minimum Gasteiger partial charge on any atom is -0.394 e. The van der Waals surface area contributed by atoms with E-state index in [9.17, 15) is 5.11 Å². The van der Waals surface area contributed by atoms with Gasteiger partial charge in [0.1, 0.15) is 24.6 Å². The van der Waals surface area contributed by atoms with Crippen molar-refractivity contribution in [2.75, 3.05) is 18.5 Å². The van der Waals surface area contributed by atoms with E-state index in [0.29, 0.717) is 17.0 Å². The van der Waals surface area contributed by atoms with Crippen LogP contribution in [0.2, 0.25) is 0 Å². The van der Waals surface area contributed by atoms with Gasteiger partial charge in [0, 0.05) is 6.54 Å². The molecular formula is C24H27N5O4. The Balaban J connectivity index is 1.21. The molecule has 2 aliphatic heterocycles. The highest BCUT2D eigenvalue weighted by Crippen LogP contribution is 2.43. The van der Waals surface area contributed by atoms with Crippen molar-refractivity contribution in [2.45, 2.75) is 57.0 Å². The van der Waals surface area contributed by atoms with Crippen LogP contribution in [-0.2, 0) is 20.6 Å². The zero-order valence-electron chi connectivity index (χ0n) is 18.6. The Hall–Kier alpha value is -2.85. The number of aromatic nitrogens is 4. The first kappa shape index (κ1) is 20.7. The highest BCUT2D eigenvalue weighted by Gasteiger charge is 2.56. The predicted molar refractivity (Wildman–Crippen MR) is 121 cm³/mol. The highest BCUT2D eigenvalue weighted by atomic mass is 16.8. The lowest BCUT2D eigenvalue weighted by Crippen LogP contribution is -2.31. The molecule has 2 saturated heterocycles. The summed E-state index contributed by atoms with van der Waals surface area (Å²) in [6.45, 7) is 4.32. The summed E-state index contributed by atoms with van der Waals surface area (Å²) in [5.74, 6) is -0.0565. The molecule has 4 heterocycles. The van der Waals surface area contributed by atoms with E-state index in [1.54, 1.807) is 6.33 Å². The lowest BCUT2D eigenvalue weighted by atomic mass is 10.0. The van der Waals surface area contributed by atoms with Gasteiger partial charge in [-0.2, -0.15) is 0 Å². The molecule has 0 amide bonds. The third-order valence-electron chi connectivity index (χ3n) is 6.56. The average Bonchev–Trinajstić information content (AvgIpc) is 3.55. The molecule has 1 unspecified atom stereocenters. The van der Waals surface area contributed by atoms with Gasteiger partial charge in [-0.25, -0.2) is 15.0 Å². The number of rotatable bonds is 6. The Kier molecular flexibility index (Phi) is 4.95. The van der Waals surface area contributed by atoms with Gasteiger partial charge in [-0.1, -0.05) is 30.3 Å². The molecule has 4 atom stereocenters. The van der Waals surface area contributed by atoms with Crippen molar-refractivity contribution in [1.82, 2.24) is 19.5 Å². The van der Waals surface area contributed by atoms with Gasteiger partial charge in [0.25, 0.3) is 0 Å². The first-order chi connectivity index (χ1) is 16.0. The number of nitrogens with zero attached hydrogens (tertiary/aromatic N) is 4. The van der Waals surface area contributed by atoms with Crippen LogP contribution < -0.4 is 5.32 Å². The maximum atomic E-state index is 9.78. The molecule has 1 aromatic carbocycles. The van der Waals surface area contributed by atoms with E-state index in [0.717, 1.165) is 19.4 Å². The van der Waals surface area contributed by atoms with Gasteiger partial charge in [0.15, 0.2) is 29.0 Å². The Morgan fingerprint density at radius 2 is 2.00 bits per heavy atom. The average molecular weight is 450 g/mol. The van der Waals surface area contributed by atoms with Crippen molar-refractivity contribution in [1.29, 1.82) is 0 Å². The number of aliphatic hydroxyl groups is 1. The number of fused-ring (bicyclic) bond motifs is 3. The van der Waals surface area contributed by atoms with E-state index in [4.69, 9.17) is 14.2 Å². The third kappa shape index (κ3) is 3.52. The number of hydrogen-bond donors (Lipinski definition) is 2. The monoisotopic (exact) mass is 449 g/mol. The molecule has 9 heteroatoms.